The number of benzene rings is 1. The molecule has 17 heavy (non-hydrogen) atoms. The zero-order chi connectivity index (χ0) is 12.3. The van der Waals surface area contributed by atoms with Crippen molar-refractivity contribution in [1.29, 1.82) is 0 Å². The van der Waals surface area contributed by atoms with Crippen LogP contribution in [-0.4, -0.2) is 0 Å². The molecule has 0 amide bonds. The van der Waals surface area contributed by atoms with Crippen LogP contribution < -0.4 is 5.73 Å². The Labute approximate surface area is 107 Å². The molecule has 0 saturated carbocycles. The van der Waals surface area contributed by atoms with Crippen LogP contribution in [0.25, 0.3) is 0 Å². The van der Waals surface area contributed by atoms with Crippen molar-refractivity contribution in [2.24, 2.45) is 5.73 Å². The van der Waals surface area contributed by atoms with Gasteiger partial charge in [0.05, 0.1) is 0 Å². The van der Waals surface area contributed by atoms with E-state index in [1.54, 1.807) is 11.3 Å². The van der Waals surface area contributed by atoms with Crippen molar-refractivity contribution in [3.63, 3.8) is 0 Å². The van der Waals surface area contributed by atoms with Crippen LogP contribution in [0.2, 0.25) is 0 Å². The zero-order valence-electron chi connectivity index (χ0n) is 10.4. The van der Waals surface area contributed by atoms with Gasteiger partial charge in [0.2, 0.25) is 0 Å². The molecule has 1 heterocycles. The number of hydrogen-bond donors (Lipinski definition) is 1. The Kier molecular flexibility index (Phi) is 3.97. The van der Waals surface area contributed by atoms with E-state index in [-0.39, 0.29) is 6.04 Å². The molecule has 2 N–H and O–H groups in total. The molecule has 0 saturated heterocycles. The van der Waals surface area contributed by atoms with Gasteiger partial charge in [0.1, 0.15) is 0 Å². The third-order valence-corrected chi connectivity index (χ3v) is 4.01. The van der Waals surface area contributed by atoms with Gasteiger partial charge in [-0.15, -0.1) is 11.3 Å². The Hall–Kier alpha value is -1.12. The molecule has 2 aromatic rings. The molecule has 90 valence electrons. The van der Waals surface area contributed by atoms with Gasteiger partial charge in [0.15, 0.2) is 0 Å². The second kappa shape index (κ2) is 5.48. The van der Waals surface area contributed by atoms with Crippen LogP contribution in [0.4, 0.5) is 0 Å². The van der Waals surface area contributed by atoms with Crippen molar-refractivity contribution >= 4 is 11.3 Å². The fourth-order valence-electron chi connectivity index (χ4n) is 1.90. The lowest BCUT2D eigenvalue weighted by Crippen LogP contribution is -2.11. The van der Waals surface area contributed by atoms with E-state index < -0.39 is 0 Å². The highest BCUT2D eigenvalue weighted by molar-refractivity contribution is 7.10. The summed E-state index contributed by atoms with van der Waals surface area (Å²) in [4.78, 5) is 1.26. The Morgan fingerprint density at radius 3 is 2.35 bits per heavy atom. The molecule has 2 heteroatoms. The van der Waals surface area contributed by atoms with Crippen LogP contribution in [0.5, 0.6) is 0 Å². The van der Waals surface area contributed by atoms with Crippen molar-refractivity contribution in [3.05, 3.63) is 57.8 Å². The highest BCUT2D eigenvalue weighted by Gasteiger charge is 2.08. The SMILES string of the molecule is CC(C)c1ccc(CC(N)c2cccs2)cc1. The van der Waals surface area contributed by atoms with E-state index in [9.17, 15) is 0 Å². The summed E-state index contributed by atoms with van der Waals surface area (Å²) in [6, 6.07) is 13.1. The molecule has 1 unspecified atom stereocenters. The minimum atomic E-state index is 0.125. The normalized spacial score (nSPS) is 12.9. The smallest absolute Gasteiger partial charge is 0.0430 e. The van der Waals surface area contributed by atoms with Gasteiger partial charge in [-0.2, -0.15) is 0 Å². The van der Waals surface area contributed by atoms with Crippen molar-refractivity contribution in [2.75, 3.05) is 0 Å². The van der Waals surface area contributed by atoms with E-state index in [1.165, 1.54) is 16.0 Å². The molecule has 2 rings (SSSR count). The standard InChI is InChI=1S/C15H19NS/c1-11(2)13-7-5-12(6-8-13)10-14(16)15-4-3-9-17-15/h3-9,11,14H,10,16H2,1-2H3. The van der Waals surface area contributed by atoms with E-state index >= 15 is 0 Å². The van der Waals surface area contributed by atoms with E-state index in [0.29, 0.717) is 5.92 Å². The van der Waals surface area contributed by atoms with E-state index in [0.717, 1.165) is 6.42 Å². The molecule has 0 radical (unpaired) electrons. The molecule has 0 bridgehead atoms. The molecule has 1 aromatic heterocycles. The van der Waals surface area contributed by atoms with Gasteiger partial charge in [0.25, 0.3) is 0 Å². The van der Waals surface area contributed by atoms with Gasteiger partial charge in [-0.1, -0.05) is 44.2 Å². The molecular formula is C15H19NS. The molecule has 1 atom stereocenters. The van der Waals surface area contributed by atoms with E-state index in [4.69, 9.17) is 5.73 Å². The quantitative estimate of drug-likeness (QED) is 0.861. The highest BCUT2D eigenvalue weighted by Crippen LogP contribution is 2.22. The first-order valence-electron chi connectivity index (χ1n) is 6.04. The minimum absolute atomic E-state index is 0.125. The molecule has 1 aromatic carbocycles. The van der Waals surface area contributed by atoms with Crippen LogP contribution in [0, 0.1) is 0 Å². The van der Waals surface area contributed by atoms with Gasteiger partial charge in [0, 0.05) is 10.9 Å². The average Bonchev–Trinajstić information content (AvgIpc) is 2.83. The number of nitrogens with two attached hydrogens (primary N) is 1. The fraction of sp³-hybridized carbons (Fsp3) is 0.333. The summed E-state index contributed by atoms with van der Waals surface area (Å²) < 4.78 is 0. The number of thiophene rings is 1. The monoisotopic (exact) mass is 245 g/mol. The highest BCUT2D eigenvalue weighted by atomic mass is 32.1. The Balaban J connectivity index is 2.04. The lowest BCUT2D eigenvalue weighted by molar-refractivity contribution is 0.735. The van der Waals surface area contributed by atoms with Crippen LogP contribution in [0.15, 0.2) is 41.8 Å². The Morgan fingerprint density at radius 1 is 1.12 bits per heavy atom. The minimum Gasteiger partial charge on any atom is -0.323 e. The maximum absolute atomic E-state index is 6.18. The molecule has 0 spiro atoms. The summed E-state index contributed by atoms with van der Waals surface area (Å²) in [5, 5.41) is 2.08. The second-order valence-corrected chi connectivity index (χ2v) is 5.70. The van der Waals surface area contributed by atoms with Crippen LogP contribution >= 0.6 is 11.3 Å². The van der Waals surface area contributed by atoms with Crippen LogP contribution in [-0.2, 0) is 6.42 Å². The molecular weight excluding hydrogens is 226 g/mol. The summed E-state index contributed by atoms with van der Waals surface area (Å²) in [6.45, 7) is 4.43. The first kappa shape index (κ1) is 12.3. The third kappa shape index (κ3) is 3.18. The van der Waals surface area contributed by atoms with Gasteiger partial charge in [-0.05, 0) is 34.9 Å². The molecule has 1 nitrogen and oxygen atoms in total. The first-order chi connectivity index (χ1) is 8.16. The van der Waals surface area contributed by atoms with Gasteiger partial charge in [-0.3, -0.25) is 0 Å². The molecule has 0 aliphatic rings. The Bertz CT molecular complexity index is 442. The molecule has 0 fully saturated rings. The lowest BCUT2D eigenvalue weighted by atomic mass is 9.99. The van der Waals surface area contributed by atoms with Crippen molar-refractivity contribution in [1.82, 2.24) is 0 Å². The summed E-state index contributed by atoms with van der Waals surface area (Å²) in [7, 11) is 0. The maximum Gasteiger partial charge on any atom is 0.0430 e. The van der Waals surface area contributed by atoms with Crippen LogP contribution in [0.1, 0.15) is 41.8 Å². The third-order valence-electron chi connectivity index (χ3n) is 3.01. The van der Waals surface area contributed by atoms with E-state index in [2.05, 4.69) is 55.6 Å². The molecule has 0 aliphatic carbocycles. The summed E-state index contributed by atoms with van der Waals surface area (Å²) in [6.07, 6.45) is 0.916. The second-order valence-electron chi connectivity index (χ2n) is 4.72. The van der Waals surface area contributed by atoms with Crippen molar-refractivity contribution in [3.8, 4) is 0 Å². The van der Waals surface area contributed by atoms with Crippen LogP contribution in [0.3, 0.4) is 0 Å². The summed E-state index contributed by atoms with van der Waals surface area (Å²) >= 11 is 1.73. The van der Waals surface area contributed by atoms with Gasteiger partial charge in [-0.25, -0.2) is 0 Å². The van der Waals surface area contributed by atoms with Gasteiger partial charge >= 0.3 is 0 Å². The predicted octanol–water partition coefficient (Wildman–Crippen LogP) is 4.11. The number of rotatable bonds is 4. The largest absolute Gasteiger partial charge is 0.323 e. The summed E-state index contributed by atoms with van der Waals surface area (Å²) in [5.74, 6) is 0.593. The average molecular weight is 245 g/mol. The summed E-state index contributed by atoms with van der Waals surface area (Å²) in [5.41, 5.74) is 8.88. The predicted molar refractivity (Wildman–Crippen MR) is 75.5 cm³/mol. The Morgan fingerprint density at radius 2 is 1.82 bits per heavy atom. The van der Waals surface area contributed by atoms with Crippen molar-refractivity contribution in [2.45, 2.75) is 32.2 Å². The maximum atomic E-state index is 6.18. The van der Waals surface area contributed by atoms with E-state index in [1.807, 2.05) is 0 Å². The first-order valence-corrected chi connectivity index (χ1v) is 6.92. The lowest BCUT2D eigenvalue weighted by Gasteiger charge is -2.11. The topological polar surface area (TPSA) is 26.0 Å². The van der Waals surface area contributed by atoms with Crippen molar-refractivity contribution < 1.29 is 0 Å². The molecule has 0 aliphatic heterocycles. The van der Waals surface area contributed by atoms with Gasteiger partial charge < -0.3 is 5.73 Å². The fourth-order valence-corrected chi connectivity index (χ4v) is 2.62. The zero-order valence-corrected chi connectivity index (χ0v) is 11.2. The number of hydrogen-bond acceptors (Lipinski definition) is 2.